The highest BCUT2D eigenvalue weighted by Crippen LogP contribution is 2.70. The van der Waals surface area contributed by atoms with E-state index in [1.165, 1.54) is 0 Å². The lowest BCUT2D eigenvalue weighted by Gasteiger charge is -2.65. The number of fused-ring (bicyclic) bond motifs is 5. The monoisotopic (exact) mass is 490 g/mol. The number of ether oxygens (including phenoxy) is 2. The van der Waals surface area contributed by atoms with Gasteiger partial charge in [0.2, 0.25) is 0 Å². The van der Waals surface area contributed by atoms with E-state index in [4.69, 9.17) is 14.6 Å². The van der Waals surface area contributed by atoms with Crippen molar-refractivity contribution in [1.82, 2.24) is 0 Å². The second kappa shape index (κ2) is 8.58. The molecule has 0 spiro atoms. The van der Waals surface area contributed by atoms with Crippen molar-refractivity contribution in [1.29, 1.82) is 0 Å². The number of esters is 2. The summed E-state index contributed by atoms with van der Waals surface area (Å²) in [4.78, 5) is 34.6. The van der Waals surface area contributed by atoms with Gasteiger partial charge in [0.15, 0.2) is 0 Å². The van der Waals surface area contributed by atoms with Crippen LogP contribution in [0, 0.1) is 34.5 Å². The van der Waals surface area contributed by atoms with Gasteiger partial charge in [-0.15, -0.1) is 0 Å². The second-order valence-corrected chi connectivity index (χ2v) is 12.1. The fraction of sp³-hybridized carbons (Fsp3) is 0.815. The molecule has 1 heterocycles. The van der Waals surface area contributed by atoms with Crippen molar-refractivity contribution >= 4 is 17.9 Å². The number of aliphatic hydroxyl groups is 2. The zero-order valence-corrected chi connectivity index (χ0v) is 20.7. The number of aliphatic carboxylic acids is 1. The Labute approximate surface area is 206 Å². The number of carbonyl (C=O) groups excluding carboxylic acids is 2. The minimum atomic E-state index is -1.00. The number of hydrogen-bond acceptors (Lipinski definition) is 7. The number of rotatable bonds is 5. The topological polar surface area (TPSA) is 130 Å². The number of carbonyl (C=O) groups is 3. The van der Waals surface area contributed by atoms with Crippen molar-refractivity contribution in [2.24, 2.45) is 34.5 Å². The molecule has 1 aliphatic heterocycles. The Balaban J connectivity index is 1.33. The number of cyclic esters (lactones) is 1. The molecule has 4 aliphatic carbocycles. The summed E-state index contributed by atoms with van der Waals surface area (Å²) in [6, 6.07) is 0. The summed E-state index contributed by atoms with van der Waals surface area (Å²) >= 11 is 0. The molecular formula is C27H38O8. The predicted molar refractivity (Wildman–Crippen MR) is 124 cm³/mol. The van der Waals surface area contributed by atoms with E-state index in [-0.39, 0.29) is 54.7 Å². The SMILES string of the molecule is C[C@]12CC[C@@H](OC(=O)CCC(=O)O)C[C@@H]1CC[C@@H]1[C@@H]2C[C@H](O)[C@]2(C)[C@@H](C3=CC(=O)OC3)CC[C@]12O. The first-order chi connectivity index (χ1) is 16.5. The smallest absolute Gasteiger partial charge is 0.331 e. The van der Waals surface area contributed by atoms with Gasteiger partial charge in [0.05, 0.1) is 24.5 Å². The van der Waals surface area contributed by atoms with E-state index in [0.717, 1.165) is 44.1 Å². The van der Waals surface area contributed by atoms with Gasteiger partial charge in [-0.05, 0) is 86.0 Å². The molecule has 0 saturated heterocycles. The van der Waals surface area contributed by atoms with E-state index in [2.05, 4.69) is 6.92 Å². The van der Waals surface area contributed by atoms with Gasteiger partial charge in [-0.3, -0.25) is 9.59 Å². The van der Waals surface area contributed by atoms with Crippen LogP contribution in [0.15, 0.2) is 11.6 Å². The largest absolute Gasteiger partial charge is 0.481 e. The first-order valence-electron chi connectivity index (χ1n) is 13.2. The van der Waals surface area contributed by atoms with Gasteiger partial charge >= 0.3 is 17.9 Å². The van der Waals surface area contributed by atoms with Crippen molar-refractivity contribution in [2.45, 2.75) is 95.9 Å². The molecule has 4 saturated carbocycles. The average Bonchev–Trinajstić information content (AvgIpc) is 3.34. The number of aliphatic hydroxyl groups excluding tert-OH is 1. The third kappa shape index (κ3) is 3.74. The Kier molecular flexibility index (Phi) is 6.07. The van der Waals surface area contributed by atoms with Crippen LogP contribution in [0.25, 0.3) is 0 Å². The molecule has 4 fully saturated rings. The summed E-state index contributed by atoms with van der Waals surface area (Å²) < 4.78 is 10.8. The summed E-state index contributed by atoms with van der Waals surface area (Å²) in [5.41, 5.74) is -0.875. The van der Waals surface area contributed by atoms with Gasteiger partial charge in [0.25, 0.3) is 0 Å². The third-order valence-corrected chi connectivity index (χ3v) is 10.9. The van der Waals surface area contributed by atoms with Crippen LogP contribution in [-0.2, 0) is 23.9 Å². The molecule has 0 amide bonds. The Bertz CT molecular complexity index is 943. The highest BCUT2D eigenvalue weighted by Gasteiger charge is 2.70. The Hall–Kier alpha value is -1.93. The van der Waals surface area contributed by atoms with Crippen LogP contribution in [0.3, 0.4) is 0 Å². The normalized spacial score (nSPS) is 46.6. The quantitative estimate of drug-likeness (QED) is 0.502. The molecular weight excluding hydrogens is 452 g/mol. The zero-order chi connectivity index (χ0) is 25.2. The van der Waals surface area contributed by atoms with Crippen molar-refractivity contribution in [2.75, 3.05) is 6.61 Å². The number of carboxylic acids is 1. The fourth-order valence-electron chi connectivity index (χ4n) is 8.91. The molecule has 8 heteroatoms. The summed E-state index contributed by atoms with van der Waals surface area (Å²) in [6.45, 7) is 4.55. The molecule has 3 N–H and O–H groups in total. The first-order valence-corrected chi connectivity index (χ1v) is 13.2. The predicted octanol–water partition coefficient (Wildman–Crippen LogP) is 2.99. The summed E-state index contributed by atoms with van der Waals surface area (Å²) in [6.07, 6.45) is 6.45. The molecule has 0 bridgehead atoms. The second-order valence-electron chi connectivity index (χ2n) is 12.1. The molecule has 0 radical (unpaired) electrons. The molecule has 0 unspecified atom stereocenters. The molecule has 0 aromatic rings. The van der Waals surface area contributed by atoms with E-state index in [0.29, 0.717) is 18.8 Å². The van der Waals surface area contributed by atoms with Gasteiger partial charge in [-0.1, -0.05) is 13.8 Å². The first kappa shape index (κ1) is 24.8. The molecule has 5 rings (SSSR count). The Morgan fingerprint density at radius 3 is 2.54 bits per heavy atom. The van der Waals surface area contributed by atoms with E-state index in [1.54, 1.807) is 6.08 Å². The lowest BCUT2D eigenvalue weighted by atomic mass is 9.42. The minimum absolute atomic E-state index is 0.0608. The molecule has 5 aliphatic rings. The van der Waals surface area contributed by atoms with Crippen LogP contribution in [-0.4, -0.2) is 57.6 Å². The maximum Gasteiger partial charge on any atom is 0.331 e. The molecule has 8 nitrogen and oxygen atoms in total. The van der Waals surface area contributed by atoms with Crippen molar-refractivity contribution < 1.29 is 39.2 Å². The van der Waals surface area contributed by atoms with E-state index in [9.17, 15) is 24.6 Å². The highest BCUT2D eigenvalue weighted by molar-refractivity contribution is 5.85. The highest BCUT2D eigenvalue weighted by atomic mass is 16.5. The van der Waals surface area contributed by atoms with Crippen LogP contribution in [0.4, 0.5) is 0 Å². The fourth-order valence-corrected chi connectivity index (χ4v) is 8.91. The summed E-state index contributed by atoms with van der Waals surface area (Å²) in [5.74, 6) is -1.28. The van der Waals surface area contributed by atoms with Gasteiger partial charge in [-0.2, -0.15) is 0 Å². The zero-order valence-electron chi connectivity index (χ0n) is 20.7. The number of carboxylic acid groups (broad SMARTS) is 1. The van der Waals surface area contributed by atoms with Crippen LogP contribution < -0.4 is 0 Å². The molecule has 35 heavy (non-hydrogen) atoms. The Morgan fingerprint density at radius 2 is 1.86 bits per heavy atom. The number of hydrogen-bond donors (Lipinski definition) is 3. The lowest BCUT2D eigenvalue weighted by Crippen LogP contribution is -2.67. The molecule has 0 aromatic heterocycles. The third-order valence-electron chi connectivity index (χ3n) is 10.9. The van der Waals surface area contributed by atoms with E-state index in [1.807, 2.05) is 6.92 Å². The van der Waals surface area contributed by atoms with Crippen LogP contribution in [0.5, 0.6) is 0 Å². The van der Waals surface area contributed by atoms with Crippen LogP contribution >= 0.6 is 0 Å². The standard InChI is InChI=1S/C27H38O8/c1-25-9-7-17(35-23(31)6-5-22(29)30)12-16(25)3-4-19-20(25)13-21(28)26(2)18(8-10-27(19,26)33)15-11-24(32)34-14-15/h11,16-21,28,33H,3-10,12-14H2,1-2H3,(H,29,30)/t16-,17+,18+,19+,20-,21-,25-,26-,27-/m0/s1. The van der Waals surface area contributed by atoms with Gasteiger partial charge in [0.1, 0.15) is 12.7 Å². The van der Waals surface area contributed by atoms with Crippen molar-refractivity contribution in [3.63, 3.8) is 0 Å². The van der Waals surface area contributed by atoms with Crippen molar-refractivity contribution in [3.8, 4) is 0 Å². The molecule has 0 aromatic carbocycles. The summed E-state index contributed by atoms with van der Waals surface area (Å²) in [5, 5.41) is 32.7. The Morgan fingerprint density at radius 1 is 1.09 bits per heavy atom. The van der Waals surface area contributed by atoms with Crippen molar-refractivity contribution in [3.05, 3.63) is 11.6 Å². The van der Waals surface area contributed by atoms with Gasteiger partial charge < -0.3 is 24.8 Å². The van der Waals surface area contributed by atoms with Gasteiger partial charge in [0, 0.05) is 11.5 Å². The minimum Gasteiger partial charge on any atom is -0.481 e. The average molecular weight is 491 g/mol. The van der Waals surface area contributed by atoms with Crippen LogP contribution in [0.2, 0.25) is 0 Å². The maximum atomic E-state index is 12.3. The lowest BCUT2D eigenvalue weighted by molar-refractivity contribution is -0.245. The summed E-state index contributed by atoms with van der Waals surface area (Å²) in [7, 11) is 0. The van der Waals surface area contributed by atoms with Gasteiger partial charge in [-0.25, -0.2) is 4.79 Å². The molecule has 194 valence electrons. The van der Waals surface area contributed by atoms with E-state index < -0.39 is 29.1 Å². The van der Waals surface area contributed by atoms with Crippen LogP contribution in [0.1, 0.15) is 78.1 Å². The maximum absolute atomic E-state index is 12.3. The molecule has 9 atom stereocenters. The van der Waals surface area contributed by atoms with E-state index >= 15 is 0 Å².